The first kappa shape index (κ1) is 14.4. The number of nitrogens with one attached hydrogen (secondary N) is 1. The van der Waals surface area contributed by atoms with E-state index in [4.69, 9.17) is 4.74 Å². The molecule has 1 fully saturated rings. The number of hydrogen-bond acceptors (Lipinski definition) is 3. The van der Waals surface area contributed by atoms with Gasteiger partial charge in [0.25, 0.3) is 0 Å². The lowest BCUT2D eigenvalue weighted by molar-refractivity contribution is 0.108. The number of hydrogen-bond donors (Lipinski definition) is 2. The Hall–Kier alpha value is -1.06. The molecule has 3 nitrogen and oxygen atoms in total. The van der Waals surface area contributed by atoms with Gasteiger partial charge in [0, 0.05) is 6.54 Å². The van der Waals surface area contributed by atoms with E-state index in [0.29, 0.717) is 6.61 Å². The molecule has 1 aliphatic rings. The van der Waals surface area contributed by atoms with Gasteiger partial charge in [-0.15, -0.1) is 0 Å². The number of rotatable bonds is 6. The molecule has 2 N–H and O–H groups in total. The lowest BCUT2D eigenvalue weighted by atomic mass is 9.87. The zero-order valence-corrected chi connectivity index (χ0v) is 11.8. The Labute approximate surface area is 116 Å². The number of aliphatic hydroxyl groups excluding tert-OH is 1. The molecule has 1 aromatic carbocycles. The average molecular weight is 263 g/mol. The number of benzene rings is 1. The van der Waals surface area contributed by atoms with Crippen molar-refractivity contribution in [3.63, 3.8) is 0 Å². The van der Waals surface area contributed by atoms with Crippen molar-refractivity contribution in [1.29, 1.82) is 0 Å². The molecule has 0 saturated heterocycles. The standard InChI is InChI=1S/C16H25NO2/c1-2-19-16-5-3-4-14(10-16)12-17-11-13-6-8-15(18)9-7-13/h3-5,10,13,15,17-18H,2,6-9,11-12H2,1H3. The zero-order chi connectivity index (χ0) is 13.5. The molecule has 3 heteroatoms. The Balaban J connectivity index is 1.71. The predicted octanol–water partition coefficient (Wildman–Crippen LogP) is 2.73. The first-order valence-corrected chi connectivity index (χ1v) is 7.38. The van der Waals surface area contributed by atoms with Crippen LogP contribution in [0.1, 0.15) is 38.2 Å². The molecule has 0 atom stereocenters. The molecule has 0 unspecified atom stereocenters. The molecule has 1 aliphatic carbocycles. The van der Waals surface area contributed by atoms with Crippen LogP contribution in [-0.2, 0) is 6.54 Å². The highest BCUT2D eigenvalue weighted by atomic mass is 16.5. The van der Waals surface area contributed by atoms with Crippen LogP contribution in [-0.4, -0.2) is 24.4 Å². The first-order chi connectivity index (χ1) is 9.28. The van der Waals surface area contributed by atoms with Crippen LogP contribution in [0.5, 0.6) is 5.75 Å². The first-order valence-electron chi connectivity index (χ1n) is 7.38. The molecule has 0 radical (unpaired) electrons. The molecular formula is C16H25NO2. The summed E-state index contributed by atoms with van der Waals surface area (Å²) >= 11 is 0. The quantitative estimate of drug-likeness (QED) is 0.829. The lowest BCUT2D eigenvalue weighted by Gasteiger charge is -2.25. The fourth-order valence-electron chi connectivity index (χ4n) is 2.68. The maximum absolute atomic E-state index is 9.48. The maximum Gasteiger partial charge on any atom is 0.119 e. The van der Waals surface area contributed by atoms with Crippen LogP contribution < -0.4 is 10.1 Å². The monoisotopic (exact) mass is 263 g/mol. The van der Waals surface area contributed by atoms with Gasteiger partial charge in [-0.1, -0.05) is 12.1 Å². The van der Waals surface area contributed by atoms with Gasteiger partial charge in [-0.25, -0.2) is 0 Å². The predicted molar refractivity (Wildman–Crippen MR) is 77.3 cm³/mol. The van der Waals surface area contributed by atoms with E-state index in [-0.39, 0.29) is 6.10 Å². The van der Waals surface area contributed by atoms with Gasteiger partial charge < -0.3 is 15.2 Å². The minimum absolute atomic E-state index is 0.0564. The Kier molecular flexibility index (Phi) is 5.67. The Bertz CT molecular complexity index is 373. The van der Waals surface area contributed by atoms with E-state index in [1.165, 1.54) is 5.56 Å². The molecule has 0 bridgehead atoms. The third kappa shape index (κ3) is 4.84. The van der Waals surface area contributed by atoms with E-state index in [9.17, 15) is 5.11 Å². The highest BCUT2D eigenvalue weighted by molar-refractivity contribution is 5.28. The normalized spacial score (nSPS) is 23.3. The van der Waals surface area contributed by atoms with E-state index in [0.717, 1.165) is 50.4 Å². The van der Waals surface area contributed by atoms with Gasteiger partial charge in [-0.2, -0.15) is 0 Å². The smallest absolute Gasteiger partial charge is 0.119 e. The van der Waals surface area contributed by atoms with Crippen LogP contribution in [0.2, 0.25) is 0 Å². The van der Waals surface area contributed by atoms with Crippen molar-refractivity contribution in [3.8, 4) is 5.75 Å². The summed E-state index contributed by atoms with van der Waals surface area (Å²) in [5, 5.41) is 13.0. The van der Waals surface area contributed by atoms with Crippen LogP contribution in [0.4, 0.5) is 0 Å². The van der Waals surface area contributed by atoms with Crippen molar-refractivity contribution in [1.82, 2.24) is 5.32 Å². The van der Waals surface area contributed by atoms with Crippen molar-refractivity contribution in [3.05, 3.63) is 29.8 Å². The number of ether oxygens (including phenoxy) is 1. The molecule has 19 heavy (non-hydrogen) atoms. The summed E-state index contributed by atoms with van der Waals surface area (Å²) in [5.74, 6) is 1.67. The van der Waals surface area contributed by atoms with Gasteiger partial charge in [0.15, 0.2) is 0 Å². The SMILES string of the molecule is CCOc1cccc(CNCC2CCC(O)CC2)c1. The number of aliphatic hydroxyl groups is 1. The molecule has 0 aliphatic heterocycles. The molecule has 106 valence electrons. The molecule has 0 heterocycles. The fraction of sp³-hybridized carbons (Fsp3) is 0.625. The summed E-state index contributed by atoms with van der Waals surface area (Å²) in [6, 6.07) is 8.26. The molecule has 1 aromatic rings. The van der Waals surface area contributed by atoms with Crippen LogP contribution in [0.25, 0.3) is 0 Å². The van der Waals surface area contributed by atoms with E-state index < -0.39 is 0 Å². The van der Waals surface area contributed by atoms with Gasteiger partial charge in [0.1, 0.15) is 5.75 Å². The second kappa shape index (κ2) is 7.51. The molecule has 1 saturated carbocycles. The highest BCUT2D eigenvalue weighted by Gasteiger charge is 2.18. The summed E-state index contributed by atoms with van der Waals surface area (Å²) < 4.78 is 5.50. The van der Waals surface area contributed by atoms with Crippen molar-refractivity contribution in [2.24, 2.45) is 5.92 Å². The van der Waals surface area contributed by atoms with Crippen LogP contribution in [0.15, 0.2) is 24.3 Å². The minimum atomic E-state index is -0.0564. The van der Waals surface area contributed by atoms with Gasteiger partial charge >= 0.3 is 0 Å². The third-order valence-electron chi connectivity index (χ3n) is 3.79. The van der Waals surface area contributed by atoms with Crippen LogP contribution in [0, 0.1) is 5.92 Å². The second-order valence-electron chi connectivity index (χ2n) is 5.39. The minimum Gasteiger partial charge on any atom is -0.494 e. The molecular weight excluding hydrogens is 238 g/mol. The Morgan fingerprint density at radius 1 is 1.26 bits per heavy atom. The molecule has 0 amide bonds. The van der Waals surface area contributed by atoms with Gasteiger partial charge in [-0.05, 0) is 62.8 Å². The Morgan fingerprint density at radius 3 is 2.79 bits per heavy atom. The van der Waals surface area contributed by atoms with E-state index in [1.54, 1.807) is 0 Å². The van der Waals surface area contributed by atoms with Crippen molar-refractivity contribution >= 4 is 0 Å². The van der Waals surface area contributed by atoms with E-state index in [1.807, 2.05) is 19.1 Å². The lowest BCUT2D eigenvalue weighted by Crippen LogP contribution is -2.27. The maximum atomic E-state index is 9.48. The molecule has 0 aromatic heterocycles. The molecule has 2 rings (SSSR count). The fourth-order valence-corrected chi connectivity index (χ4v) is 2.68. The average Bonchev–Trinajstić information content (AvgIpc) is 2.42. The zero-order valence-electron chi connectivity index (χ0n) is 11.8. The van der Waals surface area contributed by atoms with Crippen molar-refractivity contribution < 1.29 is 9.84 Å². The highest BCUT2D eigenvalue weighted by Crippen LogP contribution is 2.23. The van der Waals surface area contributed by atoms with Crippen LogP contribution >= 0.6 is 0 Å². The van der Waals surface area contributed by atoms with Gasteiger partial charge in [-0.3, -0.25) is 0 Å². The summed E-state index contributed by atoms with van der Waals surface area (Å²) in [6.45, 7) is 4.65. The van der Waals surface area contributed by atoms with Crippen molar-refractivity contribution in [2.75, 3.05) is 13.2 Å². The third-order valence-corrected chi connectivity index (χ3v) is 3.79. The largest absolute Gasteiger partial charge is 0.494 e. The van der Waals surface area contributed by atoms with E-state index >= 15 is 0 Å². The topological polar surface area (TPSA) is 41.5 Å². The van der Waals surface area contributed by atoms with Crippen molar-refractivity contribution in [2.45, 2.75) is 45.3 Å². The summed E-state index contributed by atoms with van der Waals surface area (Å²) in [4.78, 5) is 0. The molecule has 0 spiro atoms. The van der Waals surface area contributed by atoms with E-state index in [2.05, 4.69) is 17.4 Å². The van der Waals surface area contributed by atoms with Gasteiger partial charge in [0.05, 0.1) is 12.7 Å². The second-order valence-corrected chi connectivity index (χ2v) is 5.39. The summed E-state index contributed by atoms with van der Waals surface area (Å²) in [7, 11) is 0. The summed E-state index contributed by atoms with van der Waals surface area (Å²) in [5.41, 5.74) is 1.27. The van der Waals surface area contributed by atoms with Gasteiger partial charge in [0.2, 0.25) is 0 Å². The Morgan fingerprint density at radius 2 is 2.05 bits per heavy atom. The summed E-state index contributed by atoms with van der Waals surface area (Å²) in [6.07, 6.45) is 4.16. The van der Waals surface area contributed by atoms with Crippen LogP contribution in [0.3, 0.4) is 0 Å².